The van der Waals surface area contributed by atoms with Crippen LogP contribution in [0.4, 0.5) is 0 Å². The summed E-state index contributed by atoms with van der Waals surface area (Å²) in [7, 11) is 3.47. The van der Waals surface area contributed by atoms with Gasteiger partial charge in [-0.05, 0) is 31.3 Å². The molecule has 0 fully saturated rings. The number of benzene rings is 1. The van der Waals surface area contributed by atoms with Crippen molar-refractivity contribution in [3.63, 3.8) is 0 Å². The van der Waals surface area contributed by atoms with Crippen LogP contribution in [0.3, 0.4) is 0 Å². The predicted molar refractivity (Wildman–Crippen MR) is 71.8 cm³/mol. The maximum absolute atomic E-state index is 6.22. The van der Waals surface area contributed by atoms with E-state index >= 15 is 0 Å². The largest absolute Gasteiger partial charge is 0.497 e. The molecule has 0 aliphatic carbocycles. The van der Waals surface area contributed by atoms with Crippen LogP contribution in [0.5, 0.6) is 5.75 Å². The van der Waals surface area contributed by atoms with Gasteiger partial charge in [0.1, 0.15) is 11.6 Å². The van der Waals surface area contributed by atoms with Gasteiger partial charge in [0.2, 0.25) is 0 Å². The lowest BCUT2D eigenvalue weighted by Gasteiger charge is -2.07. The number of methoxy groups -OCH3 is 1. The molecule has 0 bridgehead atoms. The lowest BCUT2D eigenvalue weighted by atomic mass is 10.1. The molecule has 0 radical (unpaired) electrons. The van der Waals surface area contributed by atoms with E-state index < -0.39 is 0 Å². The quantitative estimate of drug-likeness (QED) is 0.921. The van der Waals surface area contributed by atoms with E-state index in [0.717, 1.165) is 22.8 Å². The minimum absolute atomic E-state index is 0.614. The Kier molecular flexibility index (Phi) is 4.12. The van der Waals surface area contributed by atoms with Crippen LogP contribution < -0.4 is 10.1 Å². The van der Waals surface area contributed by atoms with Crippen LogP contribution in [-0.4, -0.2) is 24.1 Å². The van der Waals surface area contributed by atoms with Crippen molar-refractivity contribution in [1.29, 1.82) is 0 Å². The Morgan fingerprint density at radius 2 is 2.17 bits per heavy atom. The number of hydrogen-bond acceptors (Lipinski definition) is 4. The highest BCUT2D eigenvalue weighted by Crippen LogP contribution is 2.29. The lowest BCUT2D eigenvalue weighted by molar-refractivity contribution is 0.415. The summed E-state index contributed by atoms with van der Waals surface area (Å²) in [6.45, 7) is 0.627. The number of aromatic nitrogens is 2. The standard InChI is InChI=1S/C13H14ClN3O/c1-15-8-13-16-6-5-12(17-13)10-4-3-9(18-2)7-11(10)14/h3-7,15H,8H2,1-2H3. The van der Waals surface area contributed by atoms with Gasteiger partial charge < -0.3 is 10.1 Å². The van der Waals surface area contributed by atoms with Crippen molar-refractivity contribution >= 4 is 11.6 Å². The van der Waals surface area contributed by atoms with Gasteiger partial charge in [-0.15, -0.1) is 0 Å². The van der Waals surface area contributed by atoms with Gasteiger partial charge in [-0.3, -0.25) is 0 Å². The minimum atomic E-state index is 0.614. The molecule has 0 unspecified atom stereocenters. The van der Waals surface area contributed by atoms with Crippen LogP contribution in [0.25, 0.3) is 11.3 Å². The molecule has 94 valence electrons. The fourth-order valence-corrected chi connectivity index (χ4v) is 1.89. The smallest absolute Gasteiger partial charge is 0.142 e. The normalized spacial score (nSPS) is 10.4. The number of rotatable bonds is 4. The second kappa shape index (κ2) is 5.80. The molecule has 0 saturated carbocycles. The lowest BCUT2D eigenvalue weighted by Crippen LogP contribution is -2.09. The SMILES string of the molecule is CNCc1nccc(-c2ccc(OC)cc2Cl)n1. The average molecular weight is 264 g/mol. The zero-order valence-electron chi connectivity index (χ0n) is 10.3. The van der Waals surface area contributed by atoms with Crippen molar-refractivity contribution in [3.8, 4) is 17.0 Å². The summed E-state index contributed by atoms with van der Waals surface area (Å²) in [5.41, 5.74) is 1.68. The van der Waals surface area contributed by atoms with Gasteiger partial charge >= 0.3 is 0 Å². The van der Waals surface area contributed by atoms with E-state index in [2.05, 4.69) is 15.3 Å². The molecule has 0 saturated heterocycles. The van der Waals surface area contributed by atoms with Gasteiger partial charge in [0.15, 0.2) is 0 Å². The van der Waals surface area contributed by atoms with E-state index in [1.807, 2.05) is 25.2 Å². The van der Waals surface area contributed by atoms with Crippen molar-refractivity contribution in [2.75, 3.05) is 14.2 Å². The highest BCUT2D eigenvalue weighted by molar-refractivity contribution is 6.33. The van der Waals surface area contributed by atoms with Gasteiger partial charge in [0.05, 0.1) is 24.4 Å². The summed E-state index contributed by atoms with van der Waals surface area (Å²) in [5, 5.41) is 3.63. The summed E-state index contributed by atoms with van der Waals surface area (Å²) in [4.78, 5) is 8.63. The summed E-state index contributed by atoms with van der Waals surface area (Å²) in [6.07, 6.45) is 1.73. The van der Waals surface area contributed by atoms with E-state index in [0.29, 0.717) is 11.6 Å². The van der Waals surface area contributed by atoms with Gasteiger partial charge in [-0.25, -0.2) is 9.97 Å². The third kappa shape index (κ3) is 2.78. The third-order valence-electron chi connectivity index (χ3n) is 2.49. The van der Waals surface area contributed by atoms with Gasteiger partial charge in [0, 0.05) is 11.8 Å². The summed E-state index contributed by atoms with van der Waals surface area (Å²) >= 11 is 6.22. The first-order chi connectivity index (χ1) is 8.74. The third-order valence-corrected chi connectivity index (χ3v) is 2.81. The van der Waals surface area contributed by atoms with Crippen LogP contribution in [0.2, 0.25) is 5.02 Å². The van der Waals surface area contributed by atoms with E-state index in [1.165, 1.54) is 0 Å². The van der Waals surface area contributed by atoms with Crippen molar-refractivity contribution < 1.29 is 4.74 Å². The molecule has 18 heavy (non-hydrogen) atoms. The van der Waals surface area contributed by atoms with Crippen LogP contribution in [0.15, 0.2) is 30.5 Å². The second-order valence-corrected chi connectivity index (χ2v) is 4.14. The van der Waals surface area contributed by atoms with Crippen LogP contribution >= 0.6 is 11.6 Å². The van der Waals surface area contributed by atoms with E-state index in [9.17, 15) is 0 Å². The number of hydrogen-bond donors (Lipinski definition) is 1. The number of halogens is 1. The van der Waals surface area contributed by atoms with Crippen LogP contribution in [0.1, 0.15) is 5.82 Å². The number of nitrogens with zero attached hydrogens (tertiary/aromatic N) is 2. The summed E-state index contributed by atoms with van der Waals surface area (Å²) in [5.74, 6) is 1.47. The molecular formula is C13H14ClN3O. The van der Waals surface area contributed by atoms with E-state index in [4.69, 9.17) is 16.3 Å². The summed E-state index contributed by atoms with van der Waals surface area (Å²) < 4.78 is 5.12. The molecule has 0 aliphatic rings. The monoisotopic (exact) mass is 263 g/mol. The Bertz CT molecular complexity index is 546. The Morgan fingerprint density at radius 3 is 2.83 bits per heavy atom. The molecule has 0 atom stereocenters. The molecular weight excluding hydrogens is 250 g/mol. The predicted octanol–water partition coefficient (Wildman–Crippen LogP) is 2.53. The highest BCUT2D eigenvalue weighted by Gasteiger charge is 2.07. The van der Waals surface area contributed by atoms with Crippen molar-refractivity contribution in [2.45, 2.75) is 6.54 Å². The fourth-order valence-electron chi connectivity index (χ4n) is 1.62. The van der Waals surface area contributed by atoms with Crippen molar-refractivity contribution in [1.82, 2.24) is 15.3 Å². The fraction of sp³-hybridized carbons (Fsp3) is 0.231. The van der Waals surface area contributed by atoms with Gasteiger partial charge in [-0.2, -0.15) is 0 Å². The topological polar surface area (TPSA) is 47.0 Å². The number of ether oxygens (including phenoxy) is 1. The minimum Gasteiger partial charge on any atom is -0.497 e. The Hall–Kier alpha value is -1.65. The maximum atomic E-state index is 6.22. The van der Waals surface area contributed by atoms with Crippen molar-refractivity contribution in [2.24, 2.45) is 0 Å². The Balaban J connectivity index is 2.38. The van der Waals surface area contributed by atoms with Crippen LogP contribution in [-0.2, 0) is 6.54 Å². The molecule has 1 heterocycles. The van der Waals surface area contributed by atoms with Gasteiger partial charge in [-0.1, -0.05) is 11.6 Å². The molecule has 0 aliphatic heterocycles. The molecule has 5 heteroatoms. The Morgan fingerprint density at radius 1 is 1.33 bits per heavy atom. The molecule has 0 spiro atoms. The number of nitrogens with one attached hydrogen (secondary N) is 1. The first-order valence-electron chi connectivity index (χ1n) is 5.55. The Labute approximate surface area is 111 Å². The first kappa shape index (κ1) is 12.8. The van der Waals surface area contributed by atoms with Crippen molar-refractivity contribution in [3.05, 3.63) is 41.3 Å². The maximum Gasteiger partial charge on any atom is 0.142 e. The second-order valence-electron chi connectivity index (χ2n) is 3.73. The van der Waals surface area contributed by atoms with Crippen LogP contribution in [0, 0.1) is 0 Å². The van der Waals surface area contributed by atoms with E-state index in [1.54, 1.807) is 19.4 Å². The molecule has 1 aromatic heterocycles. The van der Waals surface area contributed by atoms with Gasteiger partial charge in [0.25, 0.3) is 0 Å². The first-order valence-corrected chi connectivity index (χ1v) is 5.93. The molecule has 1 aromatic carbocycles. The molecule has 0 amide bonds. The summed E-state index contributed by atoms with van der Waals surface area (Å²) in [6, 6.07) is 7.37. The highest BCUT2D eigenvalue weighted by atomic mass is 35.5. The average Bonchev–Trinajstić information content (AvgIpc) is 2.39. The molecule has 2 rings (SSSR count). The molecule has 2 aromatic rings. The zero-order chi connectivity index (χ0) is 13.0. The molecule has 1 N–H and O–H groups in total. The molecule has 4 nitrogen and oxygen atoms in total. The van der Waals surface area contributed by atoms with E-state index in [-0.39, 0.29) is 0 Å². The zero-order valence-corrected chi connectivity index (χ0v) is 11.0.